The van der Waals surface area contributed by atoms with Gasteiger partial charge in [0.15, 0.2) is 0 Å². The summed E-state index contributed by atoms with van der Waals surface area (Å²) >= 11 is 1.61. The Labute approximate surface area is 173 Å². The highest BCUT2D eigenvalue weighted by molar-refractivity contribution is 7.21. The van der Waals surface area contributed by atoms with Crippen LogP contribution in [0.1, 0.15) is 19.8 Å². The number of piperidine rings is 1. The molecule has 0 spiro atoms. The second kappa shape index (κ2) is 8.61. The Morgan fingerprint density at radius 1 is 1.21 bits per heavy atom. The van der Waals surface area contributed by atoms with Crippen LogP contribution in [0.15, 0.2) is 48.5 Å². The molecule has 1 unspecified atom stereocenters. The zero-order chi connectivity index (χ0) is 20.2. The van der Waals surface area contributed by atoms with Gasteiger partial charge in [0.2, 0.25) is 5.91 Å². The number of amides is 2. The third-order valence-corrected chi connectivity index (χ3v) is 6.10. The normalized spacial score (nSPS) is 16.6. The Kier molecular flexibility index (Phi) is 5.76. The van der Waals surface area contributed by atoms with E-state index in [1.807, 2.05) is 48.5 Å². The Balaban J connectivity index is 1.52. The number of nitrogens with zero attached hydrogens (tertiary/aromatic N) is 2. The number of benzene rings is 2. The van der Waals surface area contributed by atoms with Gasteiger partial charge in [-0.15, -0.1) is 11.3 Å². The maximum Gasteiger partial charge on any atom is 0.409 e. The zero-order valence-electron chi connectivity index (χ0n) is 16.3. The second-order valence-corrected chi connectivity index (χ2v) is 8.04. The molecule has 0 bridgehead atoms. The van der Waals surface area contributed by atoms with Crippen LogP contribution in [0.2, 0.25) is 0 Å². The van der Waals surface area contributed by atoms with E-state index >= 15 is 0 Å². The highest BCUT2D eigenvalue weighted by Crippen LogP contribution is 2.34. The molecule has 1 atom stereocenters. The van der Waals surface area contributed by atoms with E-state index in [0.717, 1.165) is 39.3 Å². The first kappa shape index (κ1) is 19.4. The van der Waals surface area contributed by atoms with Crippen molar-refractivity contribution in [1.82, 2.24) is 9.88 Å². The van der Waals surface area contributed by atoms with E-state index in [2.05, 4.69) is 5.32 Å². The van der Waals surface area contributed by atoms with Crippen LogP contribution in [0.5, 0.6) is 0 Å². The lowest BCUT2D eigenvalue weighted by Crippen LogP contribution is -2.44. The third kappa shape index (κ3) is 4.24. The van der Waals surface area contributed by atoms with Crippen LogP contribution in [-0.4, -0.2) is 41.6 Å². The fraction of sp³-hybridized carbons (Fsp3) is 0.318. The van der Waals surface area contributed by atoms with Crippen LogP contribution >= 0.6 is 11.3 Å². The number of ether oxygens (including phenoxy) is 1. The molecule has 0 aliphatic carbocycles. The molecule has 2 amide bonds. The van der Waals surface area contributed by atoms with Crippen LogP contribution in [0.3, 0.4) is 0 Å². The summed E-state index contributed by atoms with van der Waals surface area (Å²) in [5.41, 5.74) is 2.59. The number of fused-ring (bicyclic) bond motifs is 1. The zero-order valence-corrected chi connectivity index (χ0v) is 17.1. The number of hydrogen-bond acceptors (Lipinski definition) is 5. The van der Waals surface area contributed by atoms with E-state index in [9.17, 15) is 9.59 Å². The smallest absolute Gasteiger partial charge is 0.409 e. The molecule has 1 aliphatic rings. The van der Waals surface area contributed by atoms with Crippen molar-refractivity contribution in [3.63, 3.8) is 0 Å². The molecule has 1 saturated heterocycles. The van der Waals surface area contributed by atoms with E-state index in [-0.39, 0.29) is 17.9 Å². The molecule has 1 aromatic heterocycles. The van der Waals surface area contributed by atoms with Crippen molar-refractivity contribution < 1.29 is 14.3 Å². The number of likely N-dealkylation sites (tertiary alicyclic amines) is 1. The van der Waals surface area contributed by atoms with E-state index in [0.29, 0.717) is 19.7 Å². The molecule has 4 rings (SSSR count). The van der Waals surface area contributed by atoms with E-state index in [1.54, 1.807) is 23.2 Å². The fourth-order valence-electron chi connectivity index (χ4n) is 3.57. The molecule has 2 aromatic carbocycles. The minimum Gasteiger partial charge on any atom is -0.450 e. The summed E-state index contributed by atoms with van der Waals surface area (Å²) in [5, 5.41) is 3.94. The first-order valence-electron chi connectivity index (χ1n) is 9.83. The van der Waals surface area contributed by atoms with Gasteiger partial charge < -0.3 is 15.0 Å². The summed E-state index contributed by atoms with van der Waals surface area (Å²) in [6.45, 7) is 3.13. The number of nitrogens with one attached hydrogen (secondary N) is 1. The first-order valence-corrected chi connectivity index (χ1v) is 10.6. The monoisotopic (exact) mass is 409 g/mol. The summed E-state index contributed by atoms with van der Waals surface area (Å²) in [7, 11) is 0. The number of anilines is 1. The largest absolute Gasteiger partial charge is 0.450 e. The van der Waals surface area contributed by atoms with Crippen LogP contribution in [0.25, 0.3) is 20.8 Å². The van der Waals surface area contributed by atoms with E-state index in [4.69, 9.17) is 9.72 Å². The number of hydrogen-bond donors (Lipinski definition) is 1. The quantitative estimate of drug-likeness (QED) is 0.674. The van der Waals surface area contributed by atoms with Gasteiger partial charge in [0, 0.05) is 18.7 Å². The summed E-state index contributed by atoms with van der Waals surface area (Å²) in [4.78, 5) is 31.3. The summed E-state index contributed by atoms with van der Waals surface area (Å²) in [6.07, 6.45) is 1.20. The van der Waals surface area contributed by atoms with Gasteiger partial charge >= 0.3 is 6.09 Å². The van der Waals surface area contributed by atoms with Crippen LogP contribution in [0, 0.1) is 5.92 Å². The molecular formula is C22H23N3O3S. The number of carbonyl (C=O) groups excluding carboxylic acids is 2. The number of carbonyl (C=O) groups is 2. The minimum atomic E-state index is -0.347. The van der Waals surface area contributed by atoms with Crippen molar-refractivity contribution >= 4 is 39.2 Å². The molecule has 2 heterocycles. The lowest BCUT2D eigenvalue weighted by Gasteiger charge is -2.31. The molecule has 29 heavy (non-hydrogen) atoms. The van der Waals surface area contributed by atoms with Gasteiger partial charge in [-0.2, -0.15) is 0 Å². The predicted molar refractivity (Wildman–Crippen MR) is 115 cm³/mol. The molecule has 1 fully saturated rings. The van der Waals surface area contributed by atoms with Crippen molar-refractivity contribution in [2.45, 2.75) is 19.8 Å². The maximum absolute atomic E-state index is 12.9. The molecule has 1 N–H and O–H groups in total. The van der Waals surface area contributed by atoms with Gasteiger partial charge in [0.05, 0.1) is 28.4 Å². The molecule has 6 nitrogen and oxygen atoms in total. The molecule has 150 valence electrons. The number of thiazole rings is 1. The van der Waals surface area contributed by atoms with Gasteiger partial charge in [0.25, 0.3) is 0 Å². The summed E-state index contributed by atoms with van der Waals surface area (Å²) in [6, 6.07) is 15.7. The summed E-state index contributed by atoms with van der Waals surface area (Å²) < 4.78 is 6.19. The van der Waals surface area contributed by atoms with Gasteiger partial charge in [-0.05, 0) is 44.0 Å². The minimum absolute atomic E-state index is 0.0763. The van der Waals surface area contributed by atoms with Gasteiger partial charge in [0.1, 0.15) is 5.01 Å². The average molecular weight is 410 g/mol. The van der Waals surface area contributed by atoms with Gasteiger partial charge in [-0.1, -0.05) is 24.3 Å². The van der Waals surface area contributed by atoms with Crippen molar-refractivity contribution in [2.75, 3.05) is 25.0 Å². The second-order valence-electron chi connectivity index (χ2n) is 7.01. The third-order valence-electron chi connectivity index (χ3n) is 5.03. The standard InChI is InChI=1S/C22H23N3O3S/c1-2-28-22(27)25-13-7-8-15(14-25)20(26)23-17-10-4-3-9-16(17)21-24-18-11-5-6-12-19(18)29-21/h3-6,9-12,15H,2,7-8,13-14H2,1H3,(H,23,26). The van der Waals surface area contributed by atoms with Crippen LogP contribution in [-0.2, 0) is 9.53 Å². The van der Waals surface area contributed by atoms with Gasteiger partial charge in [-0.3, -0.25) is 4.79 Å². The predicted octanol–water partition coefficient (Wildman–Crippen LogP) is 4.77. The van der Waals surface area contributed by atoms with Crippen molar-refractivity contribution in [3.8, 4) is 10.6 Å². The lowest BCUT2D eigenvalue weighted by atomic mass is 9.97. The molecule has 1 aliphatic heterocycles. The highest BCUT2D eigenvalue weighted by atomic mass is 32.1. The molecular weight excluding hydrogens is 386 g/mol. The summed E-state index contributed by atoms with van der Waals surface area (Å²) in [5.74, 6) is -0.330. The van der Waals surface area contributed by atoms with E-state index in [1.165, 1.54) is 0 Å². The molecule has 7 heteroatoms. The topological polar surface area (TPSA) is 71.5 Å². The van der Waals surface area contributed by atoms with Crippen LogP contribution < -0.4 is 5.32 Å². The van der Waals surface area contributed by atoms with E-state index < -0.39 is 0 Å². The fourth-order valence-corrected chi connectivity index (χ4v) is 4.58. The molecule has 0 radical (unpaired) electrons. The number of para-hydroxylation sites is 2. The maximum atomic E-state index is 12.9. The first-order chi connectivity index (χ1) is 14.2. The number of rotatable bonds is 4. The Bertz CT molecular complexity index is 1000. The highest BCUT2D eigenvalue weighted by Gasteiger charge is 2.29. The Hall–Kier alpha value is -2.93. The molecule has 3 aromatic rings. The lowest BCUT2D eigenvalue weighted by molar-refractivity contribution is -0.121. The van der Waals surface area contributed by atoms with Crippen molar-refractivity contribution in [2.24, 2.45) is 5.92 Å². The molecule has 0 saturated carbocycles. The Morgan fingerprint density at radius 2 is 2.00 bits per heavy atom. The van der Waals surface area contributed by atoms with Crippen molar-refractivity contribution in [3.05, 3.63) is 48.5 Å². The number of aromatic nitrogens is 1. The Morgan fingerprint density at radius 3 is 2.83 bits per heavy atom. The SMILES string of the molecule is CCOC(=O)N1CCCC(C(=O)Nc2ccccc2-c2nc3ccccc3s2)C1. The average Bonchev–Trinajstić information content (AvgIpc) is 3.18. The van der Waals surface area contributed by atoms with Crippen LogP contribution in [0.4, 0.5) is 10.5 Å². The van der Waals surface area contributed by atoms with Gasteiger partial charge in [-0.25, -0.2) is 9.78 Å². The van der Waals surface area contributed by atoms with Crippen molar-refractivity contribution in [1.29, 1.82) is 0 Å².